The Bertz CT molecular complexity index is 900. The van der Waals surface area contributed by atoms with Crippen molar-refractivity contribution in [2.45, 2.75) is 23.1 Å². The summed E-state index contributed by atoms with van der Waals surface area (Å²) in [5.74, 6) is -0.169. The van der Waals surface area contributed by atoms with Crippen molar-refractivity contribution in [1.29, 1.82) is 5.26 Å². The number of rotatable bonds is 3. The van der Waals surface area contributed by atoms with Crippen molar-refractivity contribution in [3.05, 3.63) is 59.7 Å². The van der Waals surface area contributed by atoms with Gasteiger partial charge >= 0.3 is 6.18 Å². The van der Waals surface area contributed by atoms with Crippen LogP contribution < -0.4 is 0 Å². The number of phenols is 1. The summed E-state index contributed by atoms with van der Waals surface area (Å²) in [5, 5.41) is 36.6. The molecule has 3 N–H and O–H groups in total. The van der Waals surface area contributed by atoms with Crippen molar-refractivity contribution in [3.63, 3.8) is 0 Å². The molecule has 2 aromatic rings. The third kappa shape index (κ3) is 6.01. The Balaban J connectivity index is 0.000000234. The first-order chi connectivity index (χ1) is 13.6. The Morgan fingerprint density at radius 3 is 2.31 bits per heavy atom. The maximum atomic E-state index is 12.3. The Morgan fingerprint density at radius 2 is 1.79 bits per heavy atom. The molecule has 1 aliphatic rings. The van der Waals surface area contributed by atoms with Gasteiger partial charge in [-0.15, -0.1) is 0 Å². The number of hydrogen-bond donors (Lipinski definition) is 3. The van der Waals surface area contributed by atoms with Crippen LogP contribution in [0.1, 0.15) is 17.5 Å². The van der Waals surface area contributed by atoms with E-state index >= 15 is 0 Å². The maximum Gasteiger partial charge on any atom is 0.416 e. The zero-order valence-electron chi connectivity index (χ0n) is 15.1. The number of hydrogen-bond acceptors (Lipinski definition) is 5. The minimum Gasteiger partial charge on any atom is -0.508 e. The first-order valence-corrected chi connectivity index (χ1v) is 9.56. The fourth-order valence-corrected chi connectivity index (χ4v) is 3.98. The van der Waals surface area contributed by atoms with Gasteiger partial charge in [-0.05, 0) is 42.8 Å². The highest BCUT2D eigenvalue weighted by Gasteiger charge is 2.38. The number of halogens is 3. The lowest BCUT2D eigenvalue weighted by molar-refractivity contribution is -0.137. The normalized spacial score (nSPS) is 20.4. The average molecular weight is 428 g/mol. The molecule has 156 valence electrons. The lowest BCUT2D eigenvalue weighted by Gasteiger charge is -2.20. The van der Waals surface area contributed by atoms with Gasteiger partial charge in [0.15, 0.2) is 0 Å². The molecule has 29 heavy (non-hydrogen) atoms. The smallest absolute Gasteiger partial charge is 0.416 e. The van der Waals surface area contributed by atoms with Gasteiger partial charge < -0.3 is 15.3 Å². The van der Waals surface area contributed by atoms with Crippen LogP contribution in [0.3, 0.4) is 0 Å². The Kier molecular flexibility index (Phi) is 7.37. The molecule has 1 heterocycles. The third-order valence-electron chi connectivity index (χ3n) is 4.22. The van der Waals surface area contributed by atoms with E-state index in [1.807, 2.05) is 6.07 Å². The monoisotopic (exact) mass is 428 g/mol. The molecule has 2 unspecified atom stereocenters. The van der Waals surface area contributed by atoms with Crippen LogP contribution in [-0.4, -0.2) is 49.1 Å². The zero-order chi connectivity index (χ0) is 21.7. The van der Waals surface area contributed by atoms with Gasteiger partial charge in [-0.1, -0.05) is 12.1 Å². The van der Waals surface area contributed by atoms with Crippen LogP contribution in [0, 0.1) is 11.3 Å². The molecule has 6 nitrogen and oxygen atoms in total. The number of nitrogens with zero attached hydrogens (tertiary/aromatic N) is 2. The van der Waals surface area contributed by atoms with Crippen molar-refractivity contribution in [2.24, 2.45) is 0 Å². The van der Waals surface area contributed by atoms with E-state index < -0.39 is 28.3 Å². The predicted molar refractivity (Wildman–Crippen MR) is 98.9 cm³/mol. The van der Waals surface area contributed by atoms with Crippen LogP contribution in [0.4, 0.5) is 13.2 Å². The van der Waals surface area contributed by atoms with Crippen LogP contribution in [0.15, 0.2) is 53.4 Å². The van der Waals surface area contributed by atoms with Crippen LogP contribution >= 0.6 is 0 Å². The number of benzene rings is 2. The molecule has 0 radical (unpaired) electrons. The van der Waals surface area contributed by atoms with Gasteiger partial charge in [-0.2, -0.15) is 18.4 Å². The van der Waals surface area contributed by atoms with Crippen LogP contribution in [0.5, 0.6) is 5.75 Å². The summed E-state index contributed by atoms with van der Waals surface area (Å²) in [5.41, 5.74) is -1.57. The van der Waals surface area contributed by atoms with Crippen LogP contribution in [0.25, 0.3) is 0 Å². The van der Waals surface area contributed by atoms with Crippen molar-refractivity contribution in [2.75, 3.05) is 19.7 Å². The molecular weight excluding hydrogens is 409 g/mol. The van der Waals surface area contributed by atoms with Gasteiger partial charge in [0.05, 0.1) is 22.6 Å². The quantitative estimate of drug-likeness (QED) is 0.697. The van der Waals surface area contributed by atoms with Crippen molar-refractivity contribution < 1.29 is 32.7 Å². The van der Waals surface area contributed by atoms with E-state index in [9.17, 15) is 22.5 Å². The second-order valence-electron chi connectivity index (χ2n) is 6.40. The molecule has 10 heteroatoms. The molecule has 0 aliphatic carbocycles. The Morgan fingerprint density at radius 1 is 1.17 bits per heavy atom. The van der Waals surface area contributed by atoms with E-state index in [0.717, 1.165) is 24.3 Å². The summed E-state index contributed by atoms with van der Waals surface area (Å²) in [4.78, 5) is 0.446. The number of phenolic OH excluding ortho intramolecular Hbond substituents is 1. The molecule has 0 aromatic heterocycles. The summed E-state index contributed by atoms with van der Waals surface area (Å²) in [6.45, 7) is 0.236. The molecule has 1 fully saturated rings. The first kappa shape index (κ1) is 22.8. The van der Waals surface area contributed by atoms with E-state index in [-0.39, 0.29) is 18.9 Å². The summed E-state index contributed by atoms with van der Waals surface area (Å²) < 4.78 is 49.4. The fraction of sp³-hybridized carbons (Fsp3) is 0.316. The zero-order valence-corrected chi connectivity index (χ0v) is 16.0. The molecule has 0 amide bonds. The second-order valence-corrected chi connectivity index (χ2v) is 7.85. The molecule has 0 bridgehead atoms. The summed E-state index contributed by atoms with van der Waals surface area (Å²) in [7, 11) is -1.48. The molecular formula is C19H19F3N2O4S. The molecule has 1 aliphatic heterocycles. The number of nitriles is 1. The van der Waals surface area contributed by atoms with E-state index in [4.69, 9.17) is 15.5 Å². The Labute approximate surface area is 168 Å². The summed E-state index contributed by atoms with van der Waals surface area (Å²) >= 11 is 0. The number of β-amino-alcohol motifs (C(OH)–C–C–N with tert-alkyl or cyclic N) is 1. The second kappa shape index (κ2) is 9.37. The minimum atomic E-state index is -4.33. The van der Waals surface area contributed by atoms with Gasteiger partial charge in [0.2, 0.25) is 0 Å². The highest BCUT2D eigenvalue weighted by atomic mass is 32.2. The first-order valence-electron chi connectivity index (χ1n) is 8.45. The van der Waals surface area contributed by atoms with E-state index in [2.05, 4.69) is 0 Å². The number of alkyl halides is 3. The predicted octanol–water partition coefficient (Wildman–Crippen LogP) is 2.42. The largest absolute Gasteiger partial charge is 0.508 e. The molecule has 1 saturated heterocycles. The Hall–Kier alpha value is -2.45. The van der Waals surface area contributed by atoms with Gasteiger partial charge in [0.1, 0.15) is 28.4 Å². The van der Waals surface area contributed by atoms with E-state index in [0.29, 0.717) is 23.4 Å². The molecule has 0 spiro atoms. The van der Waals surface area contributed by atoms with Crippen molar-refractivity contribution >= 4 is 11.0 Å². The van der Waals surface area contributed by atoms with Crippen LogP contribution in [0.2, 0.25) is 0 Å². The summed E-state index contributed by atoms with van der Waals surface area (Å²) in [6, 6.07) is 12.4. The highest BCUT2D eigenvalue weighted by molar-refractivity contribution is 7.82. The summed E-state index contributed by atoms with van der Waals surface area (Å²) in [6.07, 6.45) is -3.95. The van der Waals surface area contributed by atoms with Crippen molar-refractivity contribution in [3.8, 4) is 11.8 Å². The van der Waals surface area contributed by atoms with Crippen molar-refractivity contribution in [1.82, 2.24) is 4.31 Å². The molecule has 2 aromatic carbocycles. The van der Waals surface area contributed by atoms with Gasteiger partial charge in [0.25, 0.3) is 0 Å². The van der Waals surface area contributed by atoms with E-state index in [1.165, 1.54) is 0 Å². The van der Waals surface area contributed by atoms with Gasteiger partial charge in [-0.3, -0.25) is 0 Å². The standard InChI is InChI=1S/C12H14N2O3S.C7H5F3O/c13-7-10-3-1-2-4-11(10)18(17)14-6-5-12(16,8-14)9-15;8-7(9,10)5-1-3-6(11)4-2-5/h1-4,15-16H,5-6,8-9H2;1-4,11H. The third-order valence-corrected chi connectivity index (χ3v) is 5.73. The highest BCUT2D eigenvalue weighted by Crippen LogP contribution is 2.30. The van der Waals surface area contributed by atoms with Gasteiger partial charge in [0, 0.05) is 13.1 Å². The SMILES string of the molecule is N#Cc1ccccc1S(=O)N1CCC(O)(CO)C1.Oc1ccc(C(F)(F)F)cc1. The molecule has 3 rings (SSSR count). The van der Waals surface area contributed by atoms with Gasteiger partial charge in [-0.25, -0.2) is 8.51 Å². The minimum absolute atomic E-state index is 0.149. The number of aliphatic hydroxyl groups is 2. The maximum absolute atomic E-state index is 12.3. The van der Waals surface area contributed by atoms with E-state index in [1.54, 1.807) is 28.6 Å². The number of aliphatic hydroxyl groups excluding tert-OH is 1. The average Bonchev–Trinajstić information content (AvgIpc) is 3.10. The lowest BCUT2D eigenvalue weighted by Crippen LogP contribution is -2.37. The lowest BCUT2D eigenvalue weighted by atomic mass is 10.1. The topological polar surface area (TPSA) is 105 Å². The number of aromatic hydroxyl groups is 1. The molecule has 2 atom stereocenters. The fourth-order valence-electron chi connectivity index (χ4n) is 2.59. The molecule has 0 saturated carbocycles. The van der Waals surface area contributed by atoms with Crippen LogP contribution in [-0.2, 0) is 17.2 Å².